The molecule has 1 aliphatic rings. The van der Waals surface area contributed by atoms with E-state index in [0.717, 1.165) is 32.4 Å². The van der Waals surface area contributed by atoms with Crippen LogP contribution in [0, 0.1) is 0 Å². The van der Waals surface area contributed by atoms with Crippen LogP contribution in [0.5, 0.6) is 5.75 Å². The Morgan fingerprint density at radius 1 is 1.19 bits per heavy atom. The number of ether oxygens (including phenoxy) is 1. The number of nitrogens with one attached hydrogen (secondary N) is 2. The van der Waals surface area contributed by atoms with Crippen molar-refractivity contribution in [2.75, 3.05) is 31.6 Å². The molecule has 0 aliphatic carbocycles. The molecule has 1 heterocycles. The van der Waals surface area contributed by atoms with Gasteiger partial charge in [-0.05, 0) is 44.4 Å². The maximum atomic E-state index is 12.6. The second-order valence-corrected chi connectivity index (χ2v) is 6.02. The summed E-state index contributed by atoms with van der Waals surface area (Å²) in [4.78, 5) is 36.9. The first kappa shape index (κ1) is 19.6. The first-order valence-electron chi connectivity index (χ1n) is 8.84. The number of urea groups is 1. The van der Waals surface area contributed by atoms with Gasteiger partial charge in [0.25, 0.3) is 5.91 Å². The van der Waals surface area contributed by atoms with Crippen LogP contribution in [0.3, 0.4) is 0 Å². The lowest BCUT2D eigenvalue weighted by Crippen LogP contribution is -2.35. The van der Waals surface area contributed by atoms with E-state index in [9.17, 15) is 14.4 Å². The zero-order valence-electron chi connectivity index (χ0n) is 14.9. The fraction of sp³-hybridized carbons (Fsp3) is 0.500. The molecule has 8 nitrogen and oxygen atoms in total. The molecule has 1 aliphatic heterocycles. The highest BCUT2D eigenvalue weighted by molar-refractivity contribution is 5.98. The maximum absolute atomic E-state index is 12.6. The maximum Gasteiger partial charge on any atom is 0.319 e. The smallest absolute Gasteiger partial charge is 0.319 e. The van der Waals surface area contributed by atoms with Gasteiger partial charge in [0.1, 0.15) is 5.75 Å². The van der Waals surface area contributed by atoms with Crippen LogP contribution < -0.4 is 15.4 Å². The molecule has 3 N–H and O–H groups in total. The van der Waals surface area contributed by atoms with Crippen molar-refractivity contribution in [3.05, 3.63) is 23.8 Å². The summed E-state index contributed by atoms with van der Waals surface area (Å²) in [5, 5.41) is 13.7. The van der Waals surface area contributed by atoms with E-state index in [-0.39, 0.29) is 18.9 Å². The third kappa shape index (κ3) is 5.65. The minimum atomic E-state index is -0.991. The van der Waals surface area contributed by atoms with Crippen LogP contribution in [0.4, 0.5) is 10.5 Å². The van der Waals surface area contributed by atoms with Gasteiger partial charge >= 0.3 is 12.0 Å². The number of benzene rings is 1. The van der Waals surface area contributed by atoms with E-state index in [1.165, 1.54) is 0 Å². The predicted molar refractivity (Wildman–Crippen MR) is 96.6 cm³/mol. The number of likely N-dealkylation sites (tertiary alicyclic amines) is 1. The molecule has 3 amide bonds. The SMILES string of the molecule is CCOc1ccc(C(=O)N2CCCCC2)cc1NC(=O)NCCC(=O)O. The number of hydrogen-bond donors (Lipinski definition) is 3. The van der Waals surface area contributed by atoms with Crippen LogP contribution in [-0.4, -0.2) is 54.2 Å². The summed E-state index contributed by atoms with van der Waals surface area (Å²) in [6.45, 7) is 3.73. The van der Waals surface area contributed by atoms with Crippen LogP contribution in [0.15, 0.2) is 18.2 Å². The van der Waals surface area contributed by atoms with Gasteiger partial charge < -0.3 is 25.4 Å². The quantitative estimate of drug-likeness (QED) is 0.689. The highest BCUT2D eigenvalue weighted by Crippen LogP contribution is 2.27. The van der Waals surface area contributed by atoms with Crippen LogP contribution >= 0.6 is 0 Å². The molecule has 1 aromatic carbocycles. The molecule has 0 bridgehead atoms. The Kier molecular flexibility index (Phi) is 7.25. The van der Waals surface area contributed by atoms with Crippen molar-refractivity contribution in [2.45, 2.75) is 32.6 Å². The molecule has 0 saturated carbocycles. The number of hydrogen-bond acceptors (Lipinski definition) is 4. The first-order chi connectivity index (χ1) is 12.5. The first-order valence-corrected chi connectivity index (χ1v) is 8.84. The lowest BCUT2D eigenvalue weighted by Gasteiger charge is -2.27. The molecular formula is C18H25N3O5. The van der Waals surface area contributed by atoms with Gasteiger partial charge in [-0.2, -0.15) is 0 Å². The van der Waals surface area contributed by atoms with E-state index in [0.29, 0.717) is 23.6 Å². The van der Waals surface area contributed by atoms with Crippen molar-refractivity contribution in [1.82, 2.24) is 10.2 Å². The summed E-state index contributed by atoms with van der Waals surface area (Å²) >= 11 is 0. The number of carbonyl (C=O) groups excluding carboxylic acids is 2. The number of carbonyl (C=O) groups is 3. The lowest BCUT2D eigenvalue weighted by molar-refractivity contribution is -0.136. The van der Waals surface area contributed by atoms with Crippen LogP contribution in [0.1, 0.15) is 43.0 Å². The van der Waals surface area contributed by atoms with E-state index in [2.05, 4.69) is 10.6 Å². The zero-order valence-corrected chi connectivity index (χ0v) is 14.9. The van der Waals surface area contributed by atoms with E-state index in [1.54, 1.807) is 18.2 Å². The normalized spacial score (nSPS) is 13.8. The largest absolute Gasteiger partial charge is 0.492 e. The molecule has 1 saturated heterocycles. The molecule has 1 aromatic rings. The summed E-state index contributed by atoms with van der Waals surface area (Å²) in [5.74, 6) is -0.604. The molecule has 8 heteroatoms. The molecule has 0 spiro atoms. The number of carboxylic acid groups (broad SMARTS) is 1. The Balaban J connectivity index is 2.10. The summed E-state index contributed by atoms with van der Waals surface area (Å²) < 4.78 is 5.50. The molecule has 0 aromatic heterocycles. The molecule has 2 rings (SSSR count). The van der Waals surface area contributed by atoms with Gasteiger partial charge in [0.05, 0.1) is 18.7 Å². The minimum Gasteiger partial charge on any atom is -0.492 e. The number of piperidine rings is 1. The Bertz CT molecular complexity index is 656. The minimum absolute atomic E-state index is 0.0114. The average Bonchev–Trinajstić information content (AvgIpc) is 2.63. The Hall–Kier alpha value is -2.77. The van der Waals surface area contributed by atoms with Crippen LogP contribution in [0.25, 0.3) is 0 Å². The summed E-state index contributed by atoms with van der Waals surface area (Å²) in [5.41, 5.74) is 0.860. The average molecular weight is 363 g/mol. The van der Waals surface area contributed by atoms with Gasteiger partial charge in [-0.25, -0.2) is 4.79 Å². The molecule has 0 unspecified atom stereocenters. The molecule has 142 valence electrons. The van der Waals surface area contributed by atoms with Gasteiger partial charge in [0.15, 0.2) is 0 Å². The van der Waals surface area contributed by atoms with Crippen molar-refractivity contribution >= 4 is 23.6 Å². The van der Waals surface area contributed by atoms with E-state index in [1.807, 2.05) is 11.8 Å². The second-order valence-electron chi connectivity index (χ2n) is 6.02. The van der Waals surface area contributed by atoms with Crippen molar-refractivity contribution in [3.63, 3.8) is 0 Å². The topological polar surface area (TPSA) is 108 Å². The molecule has 0 radical (unpaired) electrons. The lowest BCUT2D eigenvalue weighted by atomic mass is 10.1. The monoisotopic (exact) mass is 363 g/mol. The van der Waals surface area contributed by atoms with Crippen LogP contribution in [0.2, 0.25) is 0 Å². The van der Waals surface area contributed by atoms with Crippen molar-refractivity contribution in [2.24, 2.45) is 0 Å². The summed E-state index contributed by atoms with van der Waals surface area (Å²) in [6, 6.07) is 4.40. The number of rotatable bonds is 7. The zero-order chi connectivity index (χ0) is 18.9. The predicted octanol–water partition coefficient (Wildman–Crippen LogP) is 2.31. The molecule has 0 atom stereocenters. The van der Waals surface area contributed by atoms with Gasteiger partial charge in [0.2, 0.25) is 0 Å². The highest BCUT2D eigenvalue weighted by Gasteiger charge is 2.20. The summed E-state index contributed by atoms with van der Waals surface area (Å²) in [6.07, 6.45) is 2.97. The van der Waals surface area contributed by atoms with Crippen LogP contribution in [-0.2, 0) is 4.79 Å². The standard InChI is InChI=1S/C18H25N3O5/c1-2-26-15-7-6-13(17(24)21-10-4-3-5-11-21)12-14(15)20-18(25)19-9-8-16(22)23/h6-7,12H,2-5,8-11H2,1H3,(H,22,23)(H2,19,20,25). The van der Waals surface area contributed by atoms with Crippen molar-refractivity contribution in [3.8, 4) is 5.75 Å². The molecular weight excluding hydrogens is 338 g/mol. The number of carboxylic acids is 1. The Morgan fingerprint density at radius 2 is 1.92 bits per heavy atom. The summed E-state index contributed by atoms with van der Waals surface area (Å²) in [7, 11) is 0. The van der Waals surface area contributed by atoms with E-state index < -0.39 is 12.0 Å². The fourth-order valence-electron chi connectivity index (χ4n) is 2.77. The highest BCUT2D eigenvalue weighted by atomic mass is 16.5. The number of anilines is 1. The van der Waals surface area contributed by atoms with Gasteiger partial charge in [-0.3, -0.25) is 9.59 Å². The second kappa shape index (κ2) is 9.65. The van der Waals surface area contributed by atoms with Gasteiger partial charge in [-0.15, -0.1) is 0 Å². The van der Waals surface area contributed by atoms with E-state index in [4.69, 9.17) is 9.84 Å². The van der Waals surface area contributed by atoms with Crippen molar-refractivity contribution in [1.29, 1.82) is 0 Å². The molecule has 26 heavy (non-hydrogen) atoms. The third-order valence-electron chi connectivity index (χ3n) is 4.04. The Labute approximate surface area is 152 Å². The van der Waals surface area contributed by atoms with Gasteiger partial charge in [-0.1, -0.05) is 0 Å². The molecule has 1 fully saturated rings. The number of amides is 3. The number of nitrogens with zero attached hydrogens (tertiary/aromatic N) is 1. The third-order valence-corrected chi connectivity index (χ3v) is 4.04. The van der Waals surface area contributed by atoms with Crippen molar-refractivity contribution < 1.29 is 24.2 Å². The fourth-order valence-corrected chi connectivity index (χ4v) is 2.77. The number of aliphatic carboxylic acids is 1. The van der Waals surface area contributed by atoms with E-state index >= 15 is 0 Å². The van der Waals surface area contributed by atoms with Gasteiger partial charge in [0, 0.05) is 25.2 Å². The Morgan fingerprint density at radius 3 is 2.58 bits per heavy atom.